The molecule has 0 heterocycles. The number of anilines is 2. The van der Waals surface area contributed by atoms with E-state index in [1.54, 1.807) is 0 Å². The summed E-state index contributed by atoms with van der Waals surface area (Å²) < 4.78 is 17.1. The van der Waals surface area contributed by atoms with Crippen LogP contribution in [0.4, 0.5) is 11.4 Å². The number of hydrogen-bond acceptors (Lipinski definition) is 4. The van der Waals surface area contributed by atoms with Gasteiger partial charge >= 0.3 is 0 Å². The molecule has 4 nitrogen and oxygen atoms in total. The van der Waals surface area contributed by atoms with Gasteiger partial charge in [-0.3, -0.25) is 0 Å². The van der Waals surface area contributed by atoms with E-state index in [0.717, 1.165) is 60.4 Å². The Kier molecular flexibility index (Phi) is 61.4. The van der Waals surface area contributed by atoms with E-state index in [2.05, 4.69) is 504 Å². The number of ether oxygens (including phenoxy) is 3. The first-order chi connectivity index (χ1) is 58.5. The molecule has 0 unspecified atom stereocenters. The van der Waals surface area contributed by atoms with Crippen molar-refractivity contribution in [2.75, 3.05) is 11.5 Å². The summed E-state index contributed by atoms with van der Waals surface area (Å²) in [4.78, 5) is 2.52. The second kappa shape index (κ2) is 61.8. The smallest absolute Gasteiger partial charge is 0.0683 e. The maximum absolute atomic E-state index is 5.96. The van der Waals surface area contributed by atoms with Crippen LogP contribution in [-0.2, 0) is 68.0 Å². The lowest BCUT2D eigenvalue weighted by Gasteiger charge is -2.45. The molecular weight excluding hydrogens is 1550 g/mol. The van der Waals surface area contributed by atoms with Gasteiger partial charge < -0.3 is 19.1 Å². The first kappa shape index (κ1) is 127. The molecule has 0 bridgehead atoms. The second-order valence-corrected chi connectivity index (χ2v) is 48.4. The molecule has 0 saturated carbocycles. The predicted molar refractivity (Wildman–Crippen MR) is 582 cm³/mol. The Morgan fingerprint density at radius 3 is 0.828 bits per heavy atom. The van der Waals surface area contributed by atoms with Crippen LogP contribution < -0.4 is 4.90 Å². The van der Waals surface area contributed by atoms with E-state index in [9.17, 15) is 0 Å². The van der Waals surface area contributed by atoms with Gasteiger partial charge in [-0.15, -0.1) is 0 Å². The number of para-hydroxylation sites is 2. The summed E-state index contributed by atoms with van der Waals surface area (Å²) in [5.74, 6) is 10.2. The molecule has 0 radical (unpaired) electrons. The Labute approximate surface area is 802 Å². The fraction of sp³-hybridized carbons (Fsp3) is 0.710. The summed E-state index contributed by atoms with van der Waals surface area (Å²) in [5, 5.41) is 0. The number of nitrogens with zero attached hydrogens (tertiary/aromatic N) is 1. The van der Waals surface area contributed by atoms with Gasteiger partial charge in [-0.25, -0.2) is 0 Å². The first-order valence-electron chi connectivity index (χ1n) is 51.8. The lowest BCUT2D eigenvalue weighted by Crippen LogP contribution is -2.46. The minimum Gasteiger partial charge on any atom is -0.379 e. The molecule has 738 valence electrons. The summed E-state index contributed by atoms with van der Waals surface area (Å²) >= 11 is 0. The van der Waals surface area contributed by atoms with Crippen LogP contribution in [0.15, 0.2) is 140 Å². The molecule has 0 aliphatic carbocycles. The van der Waals surface area contributed by atoms with Crippen molar-refractivity contribution in [2.24, 2.45) is 88.3 Å². The van der Waals surface area contributed by atoms with Gasteiger partial charge in [-0.2, -0.15) is 0 Å². The molecule has 128 heavy (non-hydrogen) atoms. The SMILES string of the molecule is CC(C)C(C)(C)c1ccccc1C(C)(C)C(C)C.CC(C)CC(C)(C)OC(C)C.CC(C)CCCC(C)C.CC(C)CCOC(C)C.CC(C)Cc1ccccc1C(C)(C)C(C)C.CC(C)Cc1ccccc1CC(C)C.CC(C)Cc1ccccc1CC(C)C.CC(C)OC(C)(C)C(C)(C)C(C)C.Cc1cccc(C)c1N(c1ccccc1C(C)(C)C(C)C)C(C)C. The highest BCUT2D eigenvalue weighted by atomic mass is 16.5. The Morgan fingerprint density at radius 2 is 0.547 bits per heavy atom. The molecule has 0 saturated heterocycles. The maximum atomic E-state index is 5.96. The summed E-state index contributed by atoms with van der Waals surface area (Å²) in [6.45, 7) is 119. The van der Waals surface area contributed by atoms with Crippen LogP contribution in [0.25, 0.3) is 0 Å². The molecule has 0 aliphatic rings. The van der Waals surface area contributed by atoms with Gasteiger partial charge in [0.1, 0.15) is 0 Å². The molecule has 0 amide bonds. The molecule has 6 aromatic carbocycles. The van der Waals surface area contributed by atoms with Crippen molar-refractivity contribution in [3.05, 3.63) is 201 Å². The highest BCUT2D eigenvalue weighted by Crippen LogP contribution is 2.45. The van der Waals surface area contributed by atoms with Crippen LogP contribution in [0.2, 0.25) is 0 Å². The molecular formula is C124H219NO3. The van der Waals surface area contributed by atoms with Gasteiger partial charge in [0.05, 0.1) is 29.5 Å². The van der Waals surface area contributed by atoms with Gasteiger partial charge in [-0.1, -0.05) is 416 Å². The number of rotatable bonds is 37. The Morgan fingerprint density at radius 1 is 0.266 bits per heavy atom. The molecule has 0 atom stereocenters. The maximum Gasteiger partial charge on any atom is 0.0683 e. The van der Waals surface area contributed by atoms with Gasteiger partial charge in [0.25, 0.3) is 0 Å². The minimum absolute atomic E-state index is 0.0440. The summed E-state index contributed by atoms with van der Waals surface area (Å²) in [7, 11) is 0. The van der Waals surface area contributed by atoms with E-state index in [4.69, 9.17) is 14.2 Å². The zero-order valence-electron chi connectivity index (χ0n) is 95.1. The fourth-order valence-electron chi connectivity index (χ4n) is 15.9. The molecule has 0 aliphatic heterocycles. The highest BCUT2D eigenvalue weighted by Gasteiger charge is 2.41. The topological polar surface area (TPSA) is 30.9 Å². The van der Waals surface area contributed by atoms with Crippen molar-refractivity contribution in [1.29, 1.82) is 0 Å². The zero-order valence-corrected chi connectivity index (χ0v) is 95.1. The summed E-state index contributed by atoms with van der Waals surface area (Å²) in [6, 6.07) is 51.5. The molecule has 0 spiro atoms. The highest BCUT2D eigenvalue weighted by molar-refractivity contribution is 5.73. The third kappa shape index (κ3) is 50.4. The van der Waals surface area contributed by atoms with Crippen molar-refractivity contribution < 1.29 is 14.2 Å². The summed E-state index contributed by atoms with van der Waals surface area (Å²) in [5.41, 5.74) is 20.0. The van der Waals surface area contributed by atoms with E-state index in [-0.39, 0.29) is 38.3 Å². The van der Waals surface area contributed by atoms with Crippen LogP contribution in [0.5, 0.6) is 0 Å². The summed E-state index contributed by atoms with van der Waals surface area (Å²) in [6.07, 6.45) is 13.6. The second-order valence-electron chi connectivity index (χ2n) is 48.4. The molecule has 0 aromatic heterocycles. The average Bonchev–Trinajstić information content (AvgIpc) is 0.774. The van der Waals surface area contributed by atoms with Crippen LogP contribution in [0.3, 0.4) is 0 Å². The lowest BCUT2D eigenvalue weighted by atomic mass is 9.66. The van der Waals surface area contributed by atoms with E-state index in [1.807, 2.05) is 0 Å². The Bertz CT molecular complexity index is 3560. The Balaban J connectivity index is -0.00000140. The van der Waals surface area contributed by atoms with Crippen molar-refractivity contribution in [3.8, 4) is 0 Å². The van der Waals surface area contributed by atoms with Crippen molar-refractivity contribution in [1.82, 2.24) is 0 Å². The standard InChI is InChI=1S/C23H33N.C18H30.C16H26.2C14H22.C12H26O.C10H22O.C9H20.C8H18O/c1-16(2)23(7,8)20-14-9-10-15-21(20)24(17(3)4)22-18(5)12-11-13-19(22)6;1-13(2)17(5,6)15-11-9-10-12-16(15)18(7,8)14(3)4;1-12(2)11-14-9-7-8-10-15(14)16(5,6)13(3)4;2*1-11(2)9-13-7-5-6-8-14(13)10-12(3)4;1-9(2)11(5,6)12(7,8)13-10(3)4;1-8(2)7-10(5,6)11-9(3)4;1-8(2)6-5-7-9(3)4;1-7(2)5-6-9-8(3)4/h9-17H,1-8H3;9-14H,1-8H3;7-10,12-13H,11H2,1-6H3;2*5-8,11-12H,9-10H2,1-4H3;9-10H,1-8H3;8-9H,7H2,1-6H3;8-9H,5-7H2,1-4H3;7-8H,5-6H2,1-4H3. The van der Waals surface area contributed by atoms with Crippen molar-refractivity contribution >= 4 is 11.4 Å². The number of benzene rings is 6. The van der Waals surface area contributed by atoms with E-state index in [0.29, 0.717) is 59.9 Å². The third-order valence-corrected chi connectivity index (χ3v) is 26.9. The molecule has 0 N–H and O–H groups in total. The lowest BCUT2D eigenvalue weighted by molar-refractivity contribution is -0.140. The largest absolute Gasteiger partial charge is 0.379 e. The number of hydrogen-bond donors (Lipinski definition) is 0. The monoisotopic (exact) mass is 1770 g/mol. The predicted octanol–water partition coefficient (Wildman–Crippen LogP) is 38.4. The van der Waals surface area contributed by atoms with Crippen LogP contribution >= 0.6 is 0 Å². The van der Waals surface area contributed by atoms with Gasteiger partial charge in [0, 0.05) is 24.0 Å². The normalized spacial score (nSPS) is 12.4. The molecule has 4 heteroatoms. The molecule has 0 fully saturated rings. The van der Waals surface area contributed by atoms with Gasteiger partial charge in [-0.05, 0) is 319 Å². The van der Waals surface area contributed by atoms with E-state index in [1.165, 1.54) is 130 Å². The van der Waals surface area contributed by atoms with E-state index < -0.39 is 0 Å². The van der Waals surface area contributed by atoms with Gasteiger partial charge in [0.2, 0.25) is 0 Å². The van der Waals surface area contributed by atoms with Crippen LogP contribution in [0.1, 0.15) is 439 Å². The molecule has 6 aromatic rings. The van der Waals surface area contributed by atoms with Crippen LogP contribution in [0, 0.1) is 102 Å². The van der Waals surface area contributed by atoms with Gasteiger partial charge in [0.15, 0.2) is 0 Å². The fourth-order valence-corrected chi connectivity index (χ4v) is 15.9. The zero-order chi connectivity index (χ0) is 100. The first-order valence-corrected chi connectivity index (χ1v) is 51.8. The quantitative estimate of drug-likeness (QED) is 0.0389. The Hall–Kier alpha value is -5.00. The van der Waals surface area contributed by atoms with Crippen LogP contribution in [-0.4, -0.2) is 42.2 Å². The molecule has 6 rings (SSSR count). The van der Waals surface area contributed by atoms with Crippen molar-refractivity contribution in [3.63, 3.8) is 0 Å². The van der Waals surface area contributed by atoms with E-state index >= 15 is 0 Å². The average molecular weight is 1770 g/mol. The van der Waals surface area contributed by atoms with Crippen molar-refractivity contribution in [2.45, 2.75) is 481 Å². The minimum atomic E-state index is -0.0602. The third-order valence-electron chi connectivity index (χ3n) is 26.9. The number of aryl methyl sites for hydroxylation is 2.